The summed E-state index contributed by atoms with van der Waals surface area (Å²) in [6, 6.07) is 2.19. The Morgan fingerprint density at radius 2 is 1.27 bits per heavy atom. The zero-order valence-corrected chi connectivity index (χ0v) is 19.4. The third kappa shape index (κ3) is 12.3. The zero-order chi connectivity index (χ0) is 22.2. The number of hydrogen-bond donors (Lipinski definition) is 0. The van der Waals surface area contributed by atoms with Gasteiger partial charge in [-0.3, -0.25) is 9.59 Å². The van der Waals surface area contributed by atoms with Crippen LogP contribution < -0.4 is 0 Å². The molecule has 1 rings (SSSR count). The molecule has 0 aliphatic carbocycles. The first-order valence-electron chi connectivity index (χ1n) is 10.9. The van der Waals surface area contributed by atoms with Gasteiger partial charge in [0.15, 0.2) is 0 Å². The molecular formula is C23H33BrF2O4. The topological polar surface area (TPSA) is 52.6 Å². The van der Waals surface area contributed by atoms with Gasteiger partial charge in [0.25, 0.3) is 0 Å². The molecule has 0 aliphatic heterocycles. The molecule has 0 radical (unpaired) electrons. The van der Waals surface area contributed by atoms with E-state index in [0.29, 0.717) is 6.61 Å². The molecule has 170 valence electrons. The Labute approximate surface area is 186 Å². The first kappa shape index (κ1) is 26.5. The number of unbranched alkanes of at least 4 members (excludes halogenated alkanes) is 9. The summed E-state index contributed by atoms with van der Waals surface area (Å²) in [5.41, 5.74) is -0.324. The number of esters is 2. The van der Waals surface area contributed by atoms with Gasteiger partial charge in [0, 0.05) is 4.47 Å². The van der Waals surface area contributed by atoms with Crippen LogP contribution in [0.2, 0.25) is 0 Å². The van der Waals surface area contributed by atoms with Crippen LogP contribution in [0.1, 0.15) is 89.5 Å². The van der Waals surface area contributed by atoms with Crippen molar-refractivity contribution < 1.29 is 27.8 Å². The molecule has 0 amide bonds. The first-order valence-corrected chi connectivity index (χ1v) is 11.7. The van der Waals surface area contributed by atoms with E-state index in [1.807, 2.05) is 0 Å². The van der Waals surface area contributed by atoms with Gasteiger partial charge in [0.2, 0.25) is 0 Å². The van der Waals surface area contributed by atoms with Gasteiger partial charge in [-0.15, -0.1) is 0 Å². The molecule has 0 heterocycles. The van der Waals surface area contributed by atoms with Gasteiger partial charge in [0.1, 0.15) is 18.2 Å². The fraction of sp³-hybridized carbons (Fsp3) is 0.652. The Morgan fingerprint density at radius 3 is 1.80 bits per heavy atom. The molecule has 0 saturated carbocycles. The third-order valence-corrected chi connectivity index (χ3v) is 5.24. The van der Waals surface area contributed by atoms with Crippen molar-refractivity contribution in [3.8, 4) is 0 Å². The normalized spacial score (nSPS) is 10.8. The summed E-state index contributed by atoms with van der Waals surface area (Å²) >= 11 is 2.98. The van der Waals surface area contributed by atoms with Gasteiger partial charge in [-0.1, -0.05) is 80.6 Å². The molecule has 1 aromatic rings. The number of carbonyl (C=O) groups is 2. The van der Waals surface area contributed by atoms with Gasteiger partial charge >= 0.3 is 11.9 Å². The largest absolute Gasteiger partial charge is 0.466 e. The van der Waals surface area contributed by atoms with Gasteiger partial charge in [-0.05, 0) is 18.6 Å². The lowest BCUT2D eigenvalue weighted by Crippen LogP contribution is -2.12. The van der Waals surface area contributed by atoms with Crippen molar-refractivity contribution in [1.29, 1.82) is 0 Å². The number of benzene rings is 1. The molecule has 0 atom stereocenters. The average Bonchev–Trinajstić information content (AvgIpc) is 2.69. The molecule has 0 aromatic heterocycles. The van der Waals surface area contributed by atoms with E-state index in [4.69, 9.17) is 9.47 Å². The highest BCUT2D eigenvalue weighted by atomic mass is 79.9. The fourth-order valence-electron chi connectivity index (χ4n) is 2.99. The highest BCUT2D eigenvalue weighted by Gasteiger charge is 2.14. The van der Waals surface area contributed by atoms with Crippen molar-refractivity contribution in [2.75, 3.05) is 6.61 Å². The number of ether oxygens (including phenoxy) is 2. The second-order valence-corrected chi connectivity index (χ2v) is 8.33. The monoisotopic (exact) mass is 490 g/mol. The quantitative estimate of drug-likeness (QED) is 0.184. The highest BCUT2D eigenvalue weighted by molar-refractivity contribution is 9.10. The average molecular weight is 491 g/mol. The molecule has 0 unspecified atom stereocenters. The van der Waals surface area contributed by atoms with Gasteiger partial charge < -0.3 is 9.47 Å². The number of hydrogen-bond acceptors (Lipinski definition) is 4. The van der Waals surface area contributed by atoms with Crippen molar-refractivity contribution in [3.05, 3.63) is 33.8 Å². The van der Waals surface area contributed by atoms with Gasteiger partial charge in [-0.25, -0.2) is 8.78 Å². The molecule has 0 saturated heterocycles. The molecule has 1 aromatic carbocycles. The maximum absolute atomic E-state index is 13.7. The minimum atomic E-state index is -0.800. The number of halogens is 3. The standard InChI is InChI=1S/C23H33BrF2O4/c1-2-3-4-5-6-7-8-9-10-11-14-29-22(27)12-13-23(28)30-17-19-20(25)15-18(24)16-21(19)26/h15-16H,2-14,17H2,1H3. The summed E-state index contributed by atoms with van der Waals surface area (Å²) in [6.45, 7) is 2.05. The second kappa shape index (κ2) is 16.2. The predicted molar refractivity (Wildman–Crippen MR) is 116 cm³/mol. The molecule has 0 aliphatic rings. The minimum Gasteiger partial charge on any atom is -0.466 e. The number of carbonyl (C=O) groups excluding carboxylic acids is 2. The molecule has 7 heteroatoms. The molecule has 0 fully saturated rings. The zero-order valence-electron chi connectivity index (χ0n) is 17.8. The summed E-state index contributed by atoms with van der Waals surface area (Å²) in [6.07, 6.45) is 11.7. The van der Waals surface area contributed by atoms with Crippen LogP contribution in [0.4, 0.5) is 8.78 Å². The fourth-order valence-corrected chi connectivity index (χ4v) is 3.39. The van der Waals surface area contributed by atoms with Crippen LogP contribution in [0.15, 0.2) is 16.6 Å². The SMILES string of the molecule is CCCCCCCCCCCCOC(=O)CCC(=O)OCc1c(F)cc(Br)cc1F. The Kier molecular flexibility index (Phi) is 14.4. The Bertz CT molecular complexity index is 629. The summed E-state index contributed by atoms with van der Waals surface area (Å²) in [5.74, 6) is -2.77. The minimum absolute atomic E-state index is 0.109. The summed E-state index contributed by atoms with van der Waals surface area (Å²) < 4.78 is 37.6. The lowest BCUT2D eigenvalue weighted by molar-refractivity contribution is -0.151. The van der Waals surface area contributed by atoms with Crippen LogP contribution in [-0.2, 0) is 25.7 Å². The summed E-state index contributed by atoms with van der Waals surface area (Å²) in [4.78, 5) is 23.4. The van der Waals surface area contributed by atoms with E-state index in [0.717, 1.165) is 31.4 Å². The van der Waals surface area contributed by atoms with Crippen LogP contribution in [0.3, 0.4) is 0 Å². The molecule has 0 N–H and O–H groups in total. The van der Waals surface area contributed by atoms with E-state index >= 15 is 0 Å². The lowest BCUT2D eigenvalue weighted by Gasteiger charge is -2.08. The van der Waals surface area contributed by atoms with Crippen LogP contribution in [-0.4, -0.2) is 18.5 Å². The molecular weight excluding hydrogens is 458 g/mol. The van der Waals surface area contributed by atoms with E-state index in [9.17, 15) is 18.4 Å². The Hall–Kier alpha value is -1.50. The van der Waals surface area contributed by atoms with Gasteiger partial charge in [-0.2, -0.15) is 0 Å². The van der Waals surface area contributed by atoms with Crippen LogP contribution in [0.5, 0.6) is 0 Å². The van der Waals surface area contributed by atoms with Crippen LogP contribution >= 0.6 is 15.9 Å². The van der Waals surface area contributed by atoms with Crippen LogP contribution in [0, 0.1) is 11.6 Å². The van der Waals surface area contributed by atoms with E-state index in [2.05, 4.69) is 22.9 Å². The smallest absolute Gasteiger partial charge is 0.306 e. The highest BCUT2D eigenvalue weighted by Crippen LogP contribution is 2.20. The Morgan fingerprint density at radius 1 is 0.800 bits per heavy atom. The van der Waals surface area contributed by atoms with Crippen LogP contribution in [0.25, 0.3) is 0 Å². The van der Waals surface area contributed by atoms with E-state index in [-0.39, 0.29) is 22.9 Å². The van der Waals surface area contributed by atoms with Gasteiger partial charge in [0.05, 0.1) is 25.0 Å². The molecule has 0 bridgehead atoms. The van der Waals surface area contributed by atoms with E-state index in [1.165, 1.54) is 44.9 Å². The second-order valence-electron chi connectivity index (χ2n) is 7.41. The van der Waals surface area contributed by atoms with Crippen molar-refractivity contribution in [2.24, 2.45) is 0 Å². The summed E-state index contributed by atoms with van der Waals surface area (Å²) in [7, 11) is 0. The van der Waals surface area contributed by atoms with Crippen molar-refractivity contribution in [2.45, 2.75) is 90.6 Å². The first-order chi connectivity index (χ1) is 14.4. The summed E-state index contributed by atoms with van der Waals surface area (Å²) in [5, 5.41) is 0. The van der Waals surface area contributed by atoms with E-state index in [1.54, 1.807) is 0 Å². The maximum Gasteiger partial charge on any atom is 0.306 e. The third-order valence-electron chi connectivity index (χ3n) is 4.78. The number of rotatable bonds is 16. The molecule has 0 spiro atoms. The molecule has 4 nitrogen and oxygen atoms in total. The van der Waals surface area contributed by atoms with Crippen molar-refractivity contribution in [3.63, 3.8) is 0 Å². The Balaban J connectivity index is 2.03. The maximum atomic E-state index is 13.7. The predicted octanol–water partition coefficient (Wildman–Crippen LogP) is 7.01. The van der Waals surface area contributed by atoms with E-state index < -0.39 is 30.2 Å². The van der Waals surface area contributed by atoms with Crippen molar-refractivity contribution >= 4 is 27.9 Å². The van der Waals surface area contributed by atoms with Crippen molar-refractivity contribution in [1.82, 2.24) is 0 Å². The lowest BCUT2D eigenvalue weighted by atomic mass is 10.1. The molecule has 30 heavy (non-hydrogen) atoms.